The molecule has 5 nitrogen and oxygen atoms in total. The minimum Gasteiger partial charge on any atom is -0.393 e. The van der Waals surface area contributed by atoms with E-state index >= 15 is 0 Å². The van der Waals surface area contributed by atoms with E-state index in [1.165, 1.54) is 12.8 Å². The quantitative estimate of drug-likeness (QED) is 0.743. The van der Waals surface area contributed by atoms with Crippen LogP contribution in [0.5, 0.6) is 0 Å². The van der Waals surface area contributed by atoms with Gasteiger partial charge in [0, 0.05) is 26.1 Å². The Hall–Kier alpha value is -1.10. The molecule has 2 saturated carbocycles. The van der Waals surface area contributed by atoms with E-state index in [0.717, 1.165) is 19.4 Å². The number of rotatable bonds is 5. The Morgan fingerprint density at radius 2 is 2.05 bits per heavy atom. The van der Waals surface area contributed by atoms with Crippen molar-refractivity contribution in [1.29, 1.82) is 0 Å². The fourth-order valence-electron chi connectivity index (χ4n) is 2.99. The van der Waals surface area contributed by atoms with E-state index in [1.807, 2.05) is 4.90 Å². The molecule has 0 aromatic carbocycles. The number of carbonyl (C=O) groups excluding carboxylic acids is 2. The SMILES string of the molecule is O=C(NCC1CC(O)C1)C1CC(=O)N(CC2CC2)C1. The fraction of sp³-hybridized carbons (Fsp3) is 0.857. The van der Waals surface area contributed by atoms with Crippen molar-refractivity contribution in [2.24, 2.45) is 17.8 Å². The summed E-state index contributed by atoms with van der Waals surface area (Å²) < 4.78 is 0. The van der Waals surface area contributed by atoms with Gasteiger partial charge in [0.15, 0.2) is 0 Å². The highest BCUT2D eigenvalue weighted by Gasteiger charge is 2.37. The molecule has 1 heterocycles. The summed E-state index contributed by atoms with van der Waals surface area (Å²) in [4.78, 5) is 25.7. The molecule has 0 aromatic heterocycles. The van der Waals surface area contributed by atoms with Crippen LogP contribution in [0, 0.1) is 17.8 Å². The van der Waals surface area contributed by atoms with Gasteiger partial charge in [-0.05, 0) is 37.5 Å². The van der Waals surface area contributed by atoms with Crippen molar-refractivity contribution in [3.8, 4) is 0 Å². The van der Waals surface area contributed by atoms with E-state index in [-0.39, 0.29) is 23.8 Å². The van der Waals surface area contributed by atoms with Crippen LogP contribution in [0.15, 0.2) is 0 Å². The molecule has 0 aromatic rings. The molecule has 0 bridgehead atoms. The second kappa shape index (κ2) is 5.12. The van der Waals surface area contributed by atoms with Crippen molar-refractivity contribution in [1.82, 2.24) is 10.2 Å². The zero-order chi connectivity index (χ0) is 13.4. The molecule has 2 aliphatic carbocycles. The first kappa shape index (κ1) is 12.9. The maximum Gasteiger partial charge on any atom is 0.225 e. The lowest BCUT2D eigenvalue weighted by molar-refractivity contribution is -0.129. The van der Waals surface area contributed by atoms with Crippen molar-refractivity contribution in [2.75, 3.05) is 19.6 Å². The van der Waals surface area contributed by atoms with Crippen LogP contribution >= 0.6 is 0 Å². The van der Waals surface area contributed by atoms with E-state index in [1.54, 1.807) is 0 Å². The number of nitrogens with zero attached hydrogens (tertiary/aromatic N) is 1. The van der Waals surface area contributed by atoms with E-state index < -0.39 is 0 Å². The lowest BCUT2D eigenvalue weighted by Crippen LogP contribution is -2.41. The first-order chi connectivity index (χ1) is 9.11. The van der Waals surface area contributed by atoms with Crippen LogP contribution in [0.1, 0.15) is 32.1 Å². The molecule has 2 N–H and O–H groups in total. The largest absolute Gasteiger partial charge is 0.393 e. The Morgan fingerprint density at radius 3 is 2.68 bits per heavy atom. The third-order valence-corrected chi connectivity index (χ3v) is 4.54. The Bertz CT molecular complexity index is 375. The van der Waals surface area contributed by atoms with Gasteiger partial charge in [0.2, 0.25) is 11.8 Å². The average molecular weight is 266 g/mol. The lowest BCUT2D eigenvalue weighted by Gasteiger charge is -2.31. The Morgan fingerprint density at radius 1 is 1.32 bits per heavy atom. The first-order valence-corrected chi connectivity index (χ1v) is 7.35. The van der Waals surface area contributed by atoms with Crippen molar-refractivity contribution < 1.29 is 14.7 Å². The summed E-state index contributed by atoms with van der Waals surface area (Å²) in [5, 5.41) is 12.1. The van der Waals surface area contributed by atoms with Crippen molar-refractivity contribution in [2.45, 2.75) is 38.2 Å². The lowest BCUT2D eigenvalue weighted by atomic mass is 9.82. The summed E-state index contributed by atoms with van der Waals surface area (Å²) >= 11 is 0. The van der Waals surface area contributed by atoms with Gasteiger partial charge in [-0.3, -0.25) is 9.59 Å². The number of aliphatic hydroxyl groups is 1. The molecule has 0 spiro atoms. The van der Waals surface area contributed by atoms with Crippen LogP contribution in [0.25, 0.3) is 0 Å². The standard InChI is InChI=1S/C14H22N2O3/c17-12-3-10(4-12)6-15-14(19)11-5-13(18)16(8-11)7-9-1-2-9/h9-12,17H,1-8H2,(H,15,19). The minimum atomic E-state index is -0.177. The van der Waals surface area contributed by atoms with Gasteiger partial charge in [0.25, 0.3) is 0 Å². The molecule has 1 unspecified atom stereocenters. The van der Waals surface area contributed by atoms with Crippen LogP contribution in [0.4, 0.5) is 0 Å². The fourth-order valence-corrected chi connectivity index (χ4v) is 2.99. The summed E-state index contributed by atoms with van der Waals surface area (Å²) in [7, 11) is 0. The molecule has 3 rings (SSSR count). The van der Waals surface area contributed by atoms with Crippen LogP contribution in [0.2, 0.25) is 0 Å². The summed E-state index contributed by atoms with van der Waals surface area (Å²) in [6.07, 6.45) is 4.22. The molecular formula is C14H22N2O3. The number of nitrogens with one attached hydrogen (secondary N) is 1. The molecular weight excluding hydrogens is 244 g/mol. The van der Waals surface area contributed by atoms with E-state index in [4.69, 9.17) is 0 Å². The summed E-state index contributed by atoms with van der Waals surface area (Å²) in [5.74, 6) is 1.07. The van der Waals surface area contributed by atoms with Gasteiger partial charge in [-0.15, -0.1) is 0 Å². The third kappa shape index (κ3) is 3.08. The molecule has 1 atom stereocenters. The number of carbonyl (C=O) groups is 2. The van der Waals surface area contributed by atoms with Gasteiger partial charge >= 0.3 is 0 Å². The number of hydrogen-bond donors (Lipinski definition) is 2. The van der Waals surface area contributed by atoms with Crippen molar-refractivity contribution in [3.05, 3.63) is 0 Å². The van der Waals surface area contributed by atoms with E-state index in [0.29, 0.717) is 31.3 Å². The zero-order valence-electron chi connectivity index (χ0n) is 11.2. The van der Waals surface area contributed by atoms with Gasteiger partial charge in [0.1, 0.15) is 0 Å². The molecule has 3 aliphatic rings. The average Bonchev–Trinajstić information content (AvgIpc) is 3.07. The maximum atomic E-state index is 12.0. The van der Waals surface area contributed by atoms with E-state index in [2.05, 4.69) is 5.32 Å². The highest BCUT2D eigenvalue weighted by atomic mass is 16.3. The zero-order valence-corrected chi connectivity index (χ0v) is 11.2. The van der Waals surface area contributed by atoms with Crippen molar-refractivity contribution >= 4 is 11.8 Å². The Kier molecular flexibility index (Phi) is 3.48. The minimum absolute atomic E-state index is 0.00744. The van der Waals surface area contributed by atoms with Gasteiger partial charge in [0.05, 0.1) is 12.0 Å². The van der Waals surface area contributed by atoms with Gasteiger partial charge < -0.3 is 15.3 Å². The van der Waals surface area contributed by atoms with Gasteiger partial charge in [-0.25, -0.2) is 0 Å². The number of likely N-dealkylation sites (tertiary alicyclic amines) is 1. The predicted molar refractivity (Wildman–Crippen MR) is 69.2 cm³/mol. The second-order valence-electron chi connectivity index (χ2n) is 6.38. The topological polar surface area (TPSA) is 69.6 Å². The smallest absolute Gasteiger partial charge is 0.225 e. The Balaban J connectivity index is 1.41. The Labute approximate surface area is 113 Å². The van der Waals surface area contributed by atoms with Gasteiger partial charge in [-0.2, -0.15) is 0 Å². The van der Waals surface area contributed by atoms with Crippen molar-refractivity contribution in [3.63, 3.8) is 0 Å². The van der Waals surface area contributed by atoms with Crippen LogP contribution in [0.3, 0.4) is 0 Å². The molecule has 19 heavy (non-hydrogen) atoms. The maximum absolute atomic E-state index is 12.0. The molecule has 5 heteroatoms. The number of hydrogen-bond acceptors (Lipinski definition) is 3. The summed E-state index contributed by atoms with van der Waals surface area (Å²) in [5.41, 5.74) is 0. The number of amides is 2. The second-order valence-corrected chi connectivity index (χ2v) is 6.38. The summed E-state index contributed by atoms with van der Waals surface area (Å²) in [6.45, 7) is 2.08. The molecule has 106 valence electrons. The normalized spacial score (nSPS) is 34.3. The van der Waals surface area contributed by atoms with E-state index in [9.17, 15) is 14.7 Å². The highest BCUT2D eigenvalue weighted by molar-refractivity contribution is 5.89. The van der Waals surface area contributed by atoms with Crippen LogP contribution in [-0.2, 0) is 9.59 Å². The number of aliphatic hydroxyl groups excluding tert-OH is 1. The molecule has 1 aliphatic heterocycles. The first-order valence-electron chi connectivity index (χ1n) is 7.35. The highest BCUT2D eigenvalue weighted by Crippen LogP contribution is 2.32. The predicted octanol–water partition coefficient (Wildman–Crippen LogP) is 0.132. The van der Waals surface area contributed by atoms with Crippen LogP contribution < -0.4 is 5.32 Å². The summed E-state index contributed by atoms with van der Waals surface area (Å²) in [6, 6.07) is 0. The van der Waals surface area contributed by atoms with Gasteiger partial charge in [-0.1, -0.05) is 0 Å². The molecule has 3 fully saturated rings. The monoisotopic (exact) mass is 266 g/mol. The molecule has 2 amide bonds. The van der Waals surface area contributed by atoms with Crippen LogP contribution in [-0.4, -0.2) is 47.6 Å². The molecule has 0 radical (unpaired) electrons. The third-order valence-electron chi connectivity index (χ3n) is 4.54. The molecule has 1 saturated heterocycles.